The molecule has 1 aliphatic heterocycles. The molecular weight excluding hydrogens is 356 g/mol. The van der Waals surface area contributed by atoms with E-state index in [9.17, 15) is 26.8 Å². The fourth-order valence-electron chi connectivity index (χ4n) is 2.96. The van der Waals surface area contributed by atoms with Gasteiger partial charge in [-0.05, 0) is 37.5 Å². The molecule has 2 fully saturated rings. The molecule has 1 amide bonds. The van der Waals surface area contributed by atoms with Crippen LogP contribution in [-0.2, 0) is 19.4 Å². The van der Waals surface area contributed by atoms with Gasteiger partial charge in [0.15, 0.2) is 28.1 Å². The van der Waals surface area contributed by atoms with E-state index in [4.69, 9.17) is 4.74 Å². The third-order valence-electron chi connectivity index (χ3n) is 4.31. The lowest BCUT2D eigenvalue weighted by atomic mass is 10.2. The maximum atomic E-state index is 13.1. The second-order valence-corrected chi connectivity index (χ2v) is 8.52. The summed E-state index contributed by atoms with van der Waals surface area (Å²) in [5, 5.41) is 0. The molecule has 1 saturated heterocycles. The van der Waals surface area contributed by atoms with E-state index in [1.165, 1.54) is 4.90 Å². The molecule has 0 radical (unpaired) electrons. The van der Waals surface area contributed by atoms with Crippen molar-refractivity contribution in [2.45, 2.75) is 31.3 Å². The van der Waals surface area contributed by atoms with Crippen LogP contribution in [-0.4, -0.2) is 55.4 Å². The van der Waals surface area contributed by atoms with Gasteiger partial charge in [0.05, 0.1) is 17.1 Å². The third kappa shape index (κ3) is 4.15. The Bertz CT molecular complexity index is 807. The number of amides is 1. The van der Waals surface area contributed by atoms with E-state index in [-0.39, 0.29) is 23.1 Å². The Morgan fingerprint density at radius 2 is 1.84 bits per heavy atom. The average Bonchev–Trinajstić information content (AvgIpc) is 3.31. The van der Waals surface area contributed by atoms with Crippen LogP contribution in [0.2, 0.25) is 0 Å². The second kappa shape index (κ2) is 6.70. The molecular formula is C16H17F2NO5S. The zero-order chi connectivity index (χ0) is 18.2. The van der Waals surface area contributed by atoms with Crippen LogP contribution in [0, 0.1) is 11.6 Å². The summed E-state index contributed by atoms with van der Waals surface area (Å²) in [5.41, 5.74) is -0.201. The normalized spacial score (nSPS) is 21.8. The number of sulfone groups is 1. The molecule has 0 aromatic heterocycles. The third-order valence-corrected chi connectivity index (χ3v) is 6.06. The van der Waals surface area contributed by atoms with Crippen molar-refractivity contribution in [2.24, 2.45) is 0 Å². The average molecular weight is 373 g/mol. The molecule has 1 aromatic rings. The van der Waals surface area contributed by atoms with Gasteiger partial charge in [-0.25, -0.2) is 22.0 Å². The van der Waals surface area contributed by atoms with Crippen molar-refractivity contribution in [2.75, 3.05) is 18.1 Å². The first-order chi connectivity index (χ1) is 11.8. The molecule has 1 aromatic carbocycles. The maximum Gasteiger partial charge on any atom is 0.338 e. The summed E-state index contributed by atoms with van der Waals surface area (Å²) >= 11 is 0. The van der Waals surface area contributed by atoms with Gasteiger partial charge in [-0.3, -0.25) is 4.79 Å². The first-order valence-corrected chi connectivity index (χ1v) is 9.73. The van der Waals surface area contributed by atoms with Crippen molar-refractivity contribution in [1.29, 1.82) is 0 Å². The number of rotatable bonds is 5. The Morgan fingerprint density at radius 3 is 2.40 bits per heavy atom. The van der Waals surface area contributed by atoms with Crippen LogP contribution in [0.15, 0.2) is 18.2 Å². The van der Waals surface area contributed by atoms with E-state index in [0.29, 0.717) is 12.5 Å². The highest BCUT2D eigenvalue weighted by Crippen LogP contribution is 2.32. The number of hydrogen-bond acceptors (Lipinski definition) is 5. The van der Waals surface area contributed by atoms with Crippen molar-refractivity contribution in [3.05, 3.63) is 35.4 Å². The van der Waals surface area contributed by atoms with Crippen molar-refractivity contribution in [3.8, 4) is 0 Å². The van der Waals surface area contributed by atoms with Gasteiger partial charge in [0.1, 0.15) is 0 Å². The van der Waals surface area contributed by atoms with Gasteiger partial charge < -0.3 is 9.64 Å². The molecule has 6 nitrogen and oxygen atoms in total. The first kappa shape index (κ1) is 17.8. The predicted octanol–water partition coefficient (Wildman–Crippen LogP) is 1.30. The van der Waals surface area contributed by atoms with Crippen molar-refractivity contribution < 1.29 is 31.5 Å². The lowest BCUT2D eigenvalue weighted by Gasteiger charge is -2.28. The summed E-state index contributed by atoms with van der Waals surface area (Å²) < 4.78 is 54.2. The van der Waals surface area contributed by atoms with Crippen LogP contribution >= 0.6 is 0 Å². The summed E-state index contributed by atoms with van der Waals surface area (Å²) in [6, 6.07) is 2.14. The molecule has 1 heterocycles. The molecule has 25 heavy (non-hydrogen) atoms. The van der Waals surface area contributed by atoms with Crippen LogP contribution in [0.5, 0.6) is 0 Å². The quantitative estimate of drug-likeness (QED) is 0.727. The minimum absolute atomic E-state index is 0.0206. The molecule has 1 saturated carbocycles. The number of benzene rings is 1. The second-order valence-electron chi connectivity index (χ2n) is 6.29. The van der Waals surface area contributed by atoms with Crippen molar-refractivity contribution in [3.63, 3.8) is 0 Å². The Labute approximate surface area is 143 Å². The Morgan fingerprint density at radius 1 is 1.12 bits per heavy atom. The van der Waals surface area contributed by atoms with Gasteiger partial charge in [0, 0.05) is 12.1 Å². The Balaban J connectivity index is 1.62. The highest BCUT2D eigenvalue weighted by molar-refractivity contribution is 7.91. The summed E-state index contributed by atoms with van der Waals surface area (Å²) in [5.74, 6) is -3.72. The van der Waals surface area contributed by atoms with Gasteiger partial charge in [0.2, 0.25) is 0 Å². The topological polar surface area (TPSA) is 80.8 Å². The molecule has 1 aliphatic carbocycles. The lowest BCUT2D eigenvalue weighted by molar-refractivity contribution is -0.137. The monoisotopic (exact) mass is 373 g/mol. The highest BCUT2D eigenvalue weighted by atomic mass is 32.2. The smallest absolute Gasteiger partial charge is 0.338 e. The summed E-state index contributed by atoms with van der Waals surface area (Å²) in [4.78, 5) is 25.8. The Kier molecular flexibility index (Phi) is 4.77. The minimum Gasteiger partial charge on any atom is -0.452 e. The zero-order valence-electron chi connectivity index (χ0n) is 13.3. The number of esters is 1. The van der Waals surface area contributed by atoms with E-state index in [2.05, 4.69) is 0 Å². The molecule has 3 rings (SSSR count). The van der Waals surface area contributed by atoms with E-state index in [0.717, 1.165) is 25.0 Å². The van der Waals surface area contributed by atoms with Gasteiger partial charge in [-0.1, -0.05) is 0 Å². The minimum atomic E-state index is -3.14. The number of carbonyl (C=O) groups is 2. The Hall–Kier alpha value is -2.03. The molecule has 136 valence electrons. The molecule has 0 bridgehead atoms. The van der Waals surface area contributed by atoms with E-state index < -0.39 is 46.0 Å². The number of hydrogen-bond donors (Lipinski definition) is 0. The molecule has 0 spiro atoms. The van der Waals surface area contributed by atoms with Crippen molar-refractivity contribution in [1.82, 2.24) is 4.90 Å². The summed E-state index contributed by atoms with van der Waals surface area (Å²) in [7, 11) is -3.14. The van der Waals surface area contributed by atoms with Crippen LogP contribution in [0.3, 0.4) is 0 Å². The highest BCUT2D eigenvalue weighted by Gasteiger charge is 2.42. The van der Waals surface area contributed by atoms with E-state index in [1.807, 2.05) is 0 Å². The SMILES string of the molecule is O=C(OCC(=O)N(C1CC1)[C@@H]1CCS(=O)(=O)C1)c1ccc(F)c(F)c1. The van der Waals surface area contributed by atoms with E-state index >= 15 is 0 Å². The molecule has 9 heteroatoms. The molecule has 0 unspecified atom stereocenters. The van der Waals surface area contributed by atoms with Crippen molar-refractivity contribution >= 4 is 21.7 Å². The maximum absolute atomic E-state index is 13.1. The number of nitrogens with zero attached hydrogens (tertiary/aromatic N) is 1. The summed E-state index contributed by atoms with van der Waals surface area (Å²) in [6.07, 6.45) is 1.96. The van der Waals surface area contributed by atoms with Gasteiger partial charge in [-0.15, -0.1) is 0 Å². The predicted molar refractivity (Wildman–Crippen MR) is 83.6 cm³/mol. The van der Waals surface area contributed by atoms with Gasteiger partial charge in [0.25, 0.3) is 5.91 Å². The van der Waals surface area contributed by atoms with Crippen LogP contribution in [0.25, 0.3) is 0 Å². The number of carbonyl (C=O) groups excluding carboxylic acids is 2. The molecule has 2 aliphatic rings. The van der Waals surface area contributed by atoms with Gasteiger partial charge >= 0.3 is 5.97 Å². The van der Waals surface area contributed by atoms with Crippen LogP contribution < -0.4 is 0 Å². The lowest BCUT2D eigenvalue weighted by Crippen LogP contribution is -2.44. The number of halogens is 2. The van der Waals surface area contributed by atoms with E-state index in [1.54, 1.807) is 0 Å². The van der Waals surface area contributed by atoms with Crippen LogP contribution in [0.1, 0.15) is 29.6 Å². The fourth-order valence-corrected chi connectivity index (χ4v) is 4.67. The fraction of sp³-hybridized carbons (Fsp3) is 0.500. The summed E-state index contributed by atoms with van der Waals surface area (Å²) in [6.45, 7) is -0.565. The van der Waals surface area contributed by atoms with Crippen LogP contribution in [0.4, 0.5) is 8.78 Å². The first-order valence-electron chi connectivity index (χ1n) is 7.90. The van der Waals surface area contributed by atoms with Gasteiger partial charge in [-0.2, -0.15) is 0 Å². The standard InChI is InChI=1S/C16H17F2NO5S/c17-13-4-1-10(7-14(13)18)16(21)24-8-15(20)19(11-2-3-11)12-5-6-25(22,23)9-12/h1,4,7,11-12H,2-3,5-6,8-9H2/t12-/m1/s1. The zero-order valence-corrected chi connectivity index (χ0v) is 14.1. The molecule has 1 atom stereocenters. The molecule has 0 N–H and O–H groups in total. The number of ether oxygens (including phenoxy) is 1. The largest absolute Gasteiger partial charge is 0.452 e.